The van der Waals surface area contributed by atoms with E-state index in [2.05, 4.69) is 27.6 Å². The third-order valence-corrected chi connectivity index (χ3v) is 3.94. The number of rotatable bonds is 8. The largest absolute Gasteiger partial charge is 0.497 e. The van der Waals surface area contributed by atoms with Crippen molar-refractivity contribution < 1.29 is 14.3 Å². The van der Waals surface area contributed by atoms with Crippen molar-refractivity contribution in [3.8, 4) is 22.8 Å². The molecule has 0 bridgehead atoms. The highest BCUT2D eigenvalue weighted by Crippen LogP contribution is 2.21. The number of carbonyl (C=O) groups excluding carboxylic acids is 1. The second-order valence-electron chi connectivity index (χ2n) is 6.01. The van der Waals surface area contributed by atoms with E-state index in [9.17, 15) is 4.79 Å². The maximum Gasteiger partial charge on any atom is 0.289 e. The molecule has 0 aliphatic carbocycles. The summed E-state index contributed by atoms with van der Waals surface area (Å²) in [5.74, 6) is 1.20. The van der Waals surface area contributed by atoms with E-state index in [-0.39, 0.29) is 5.91 Å². The van der Waals surface area contributed by atoms with Gasteiger partial charge < -0.3 is 9.47 Å². The minimum atomic E-state index is -0.369. The van der Waals surface area contributed by atoms with Gasteiger partial charge in [0.05, 0.1) is 25.6 Å². The first-order valence-corrected chi connectivity index (χ1v) is 8.95. The number of methoxy groups -OCH3 is 1. The molecule has 0 saturated heterocycles. The maximum atomic E-state index is 12.2. The molecule has 0 spiro atoms. The highest BCUT2D eigenvalue weighted by molar-refractivity contribution is 5.94. The van der Waals surface area contributed by atoms with Crippen LogP contribution in [-0.4, -0.2) is 36.0 Å². The molecule has 2 N–H and O–H groups in total. The van der Waals surface area contributed by atoms with Crippen LogP contribution in [0.4, 0.5) is 0 Å². The van der Waals surface area contributed by atoms with E-state index in [4.69, 9.17) is 9.47 Å². The minimum Gasteiger partial charge on any atom is -0.497 e. The van der Waals surface area contributed by atoms with Gasteiger partial charge >= 0.3 is 0 Å². The van der Waals surface area contributed by atoms with Crippen LogP contribution in [-0.2, 0) is 0 Å². The van der Waals surface area contributed by atoms with Crippen LogP contribution in [0, 0.1) is 0 Å². The van der Waals surface area contributed by atoms with Crippen LogP contribution in [0.3, 0.4) is 0 Å². The van der Waals surface area contributed by atoms with Gasteiger partial charge in [0, 0.05) is 5.56 Å². The first kappa shape index (κ1) is 19.2. The van der Waals surface area contributed by atoms with E-state index in [0.717, 1.165) is 29.0 Å². The monoisotopic (exact) mass is 378 g/mol. The Balaban J connectivity index is 1.57. The first-order valence-electron chi connectivity index (χ1n) is 8.95. The van der Waals surface area contributed by atoms with Gasteiger partial charge in [-0.05, 0) is 66.6 Å². The number of H-pyrrole nitrogens is 1. The normalized spacial score (nSPS) is 10.8. The number of benzene rings is 2. The average Bonchev–Trinajstić information content (AvgIpc) is 3.23. The molecule has 0 atom stereocenters. The van der Waals surface area contributed by atoms with E-state index in [1.54, 1.807) is 19.4 Å². The highest BCUT2D eigenvalue weighted by atomic mass is 16.5. The van der Waals surface area contributed by atoms with Gasteiger partial charge in [0.15, 0.2) is 0 Å². The number of nitrogens with one attached hydrogen (secondary N) is 2. The molecule has 3 aromatic rings. The molecule has 0 fully saturated rings. The zero-order chi connectivity index (χ0) is 19.8. The van der Waals surface area contributed by atoms with E-state index >= 15 is 0 Å². The molecule has 0 aliphatic rings. The van der Waals surface area contributed by atoms with Gasteiger partial charge in [0.1, 0.15) is 17.2 Å². The van der Waals surface area contributed by atoms with Crippen molar-refractivity contribution in [1.82, 2.24) is 15.6 Å². The Kier molecular flexibility index (Phi) is 6.41. The molecule has 2 aromatic carbocycles. The standard InChI is InChI=1S/C21H22N4O3/c1-3-12-28-18-8-4-15(5-9-18)14-22-25-21(26)20-13-19(23-24-20)16-6-10-17(27-2)11-7-16/h4-11,13-14H,3,12H2,1-2H3,(H,23,24)(H,25,26)/b22-14-. The number of hydrogen-bond donors (Lipinski definition) is 2. The Morgan fingerprint density at radius 3 is 2.54 bits per heavy atom. The van der Waals surface area contributed by atoms with Gasteiger partial charge in [0.25, 0.3) is 5.91 Å². The van der Waals surface area contributed by atoms with E-state index < -0.39 is 0 Å². The van der Waals surface area contributed by atoms with E-state index in [1.807, 2.05) is 48.5 Å². The van der Waals surface area contributed by atoms with E-state index in [0.29, 0.717) is 18.0 Å². The van der Waals surface area contributed by atoms with Gasteiger partial charge in [0.2, 0.25) is 0 Å². The number of hydrazone groups is 1. The topological polar surface area (TPSA) is 88.6 Å². The molecule has 1 amide bonds. The zero-order valence-corrected chi connectivity index (χ0v) is 15.8. The fourth-order valence-electron chi connectivity index (χ4n) is 2.44. The SMILES string of the molecule is CCCOc1ccc(/C=N\NC(=O)c2cc(-c3ccc(OC)cc3)n[nH]2)cc1. The maximum absolute atomic E-state index is 12.2. The van der Waals surface area contributed by atoms with Crippen LogP contribution in [0.15, 0.2) is 59.7 Å². The lowest BCUT2D eigenvalue weighted by Gasteiger charge is -2.03. The van der Waals surface area contributed by atoms with Gasteiger partial charge in [-0.15, -0.1) is 0 Å². The molecule has 7 heteroatoms. The van der Waals surface area contributed by atoms with Gasteiger partial charge in [-0.2, -0.15) is 10.2 Å². The molecule has 1 aromatic heterocycles. The highest BCUT2D eigenvalue weighted by Gasteiger charge is 2.10. The summed E-state index contributed by atoms with van der Waals surface area (Å²) in [6, 6.07) is 16.6. The number of ether oxygens (including phenoxy) is 2. The Labute approximate surface area is 163 Å². The lowest BCUT2D eigenvalue weighted by atomic mass is 10.1. The molecule has 144 valence electrons. The third-order valence-electron chi connectivity index (χ3n) is 3.94. The van der Waals surface area contributed by atoms with Crippen molar-refractivity contribution in [3.05, 3.63) is 65.9 Å². The summed E-state index contributed by atoms with van der Waals surface area (Å²) in [6.07, 6.45) is 2.53. The Hall–Kier alpha value is -3.61. The molecule has 7 nitrogen and oxygen atoms in total. The number of nitrogens with zero attached hydrogens (tertiary/aromatic N) is 2. The fourth-order valence-corrected chi connectivity index (χ4v) is 2.44. The van der Waals surface area contributed by atoms with Crippen LogP contribution in [0.2, 0.25) is 0 Å². The molecular weight excluding hydrogens is 356 g/mol. The molecule has 28 heavy (non-hydrogen) atoms. The summed E-state index contributed by atoms with van der Waals surface area (Å²) in [6.45, 7) is 2.75. The molecular formula is C21H22N4O3. The second kappa shape index (κ2) is 9.36. The van der Waals surface area contributed by atoms with Crippen molar-refractivity contribution in [2.24, 2.45) is 5.10 Å². The minimum absolute atomic E-state index is 0.325. The molecule has 0 unspecified atom stereocenters. The van der Waals surface area contributed by atoms with Gasteiger partial charge in [-0.3, -0.25) is 9.89 Å². The molecule has 1 heterocycles. The van der Waals surface area contributed by atoms with E-state index in [1.165, 1.54) is 0 Å². The number of aromatic nitrogens is 2. The Morgan fingerprint density at radius 1 is 1.14 bits per heavy atom. The van der Waals surface area contributed by atoms with Crippen molar-refractivity contribution in [3.63, 3.8) is 0 Å². The second-order valence-corrected chi connectivity index (χ2v) is 6.01. The van der Waals surface area contributed by atoms with Crippen LogP contribution >= 0.6 is 0 Å². The molecule has 3 rings (SSSR count). The summed E-state index contributed by atoms with van der Waals surface area (Å²) in [5.41, 5.74) is 5.21. The molecule has 0 saturated carbocycles. The van der Waals surface area contributed by atoms with Crippen LogP contribution < -0.4 is 14.9 Å². The number of carbonyl (C=O) groups is 1. The Morgan fingerprint density at radius 2 is 1.86 bits per heavy atom. The number of aromatic amines is 1. The van der Waals surface area contributed by atoms with Gasteiger partial charge in [-0.1, -0.05) is 6.92 Å². The summed E-state index contributed by atoms with van der Waals surface area (Å²) >= 11 is 0. The molecule has 0 radical (unpaired) electrons. The predicted molar refractivity (Wildman–Crippen MR) is 108 cm³/mol. The fraction of sp³-hybridized carbons (Fsp3) is 0.190. The van der Waals surface area contributed by atoms with Crippen LogP contribution in [0.5, 0.6) is 11.5 Å². The predicted octanol–water partition coefficient (Wildman–Crippen LogP) is 3.64. The quantitative estimate of drug-likeness (QED) is 0.463. The summed E-state index contributed by atoms with van der Waals surface area (Å²) in [4.78, 5) is 12.2. The first-order chi connectivity index (χ1) is 13.7. The summed E-state index contributed by atoms with van der Waals surface area (Å²) in [5, 5.41) is 10.9. The average molecular weight is 378 g/mol. The lowest BCUT2D eigenvalue weighted by molar-refractivity contribution is 0.0950. The van der Waals surface area contributed by atoms with Crippen LogP contribution in [0.1, 0.15) is 29.4 Å². The van der Waals surface area contributed by atoms with Gasteiger partial charge in [-0.25, -0.2) is 5.43 Å². The smallest absolute Gasteiger partial charge is 0.289 e. The van der Waals surface area contributed by atoms with Crippen molar-refractivity contribution in [1.29, 1.82) is 0 Å². The number of hydrogen-bond acceptors (Lipinski definition) is 5. The molecule has 0 aliphatic heterocycles. The Bertz CT molecular complexity index is 931. The van der Waals surface area contributed by atoms with Crippen molar-refractivity contribution in [2.45, 2.75) is 13.3 Å². The van der Waals surface area contributed by atoms with Crippen molar-refractivity contribution >= 4 is 12.1 Å². The number of amides is 1. The zero-order valence-electron chi connectivity index (χ0n) is 15.8. The van der Waals surface area contributed by atoms with Crippen LogP contribution in [0.25, 0.3) is 11.3 Å². The summed E-state index contributed by atoms with van der Waals surface area (Å²) < 4.78 is 10.7. The lowest BCUT2D eigenvalue weighted by Crippen LogP contribution is -2.17. The summed E-state index contributed by atoms with van der Waals surface area (Å²) in [7, 11) is 1.61. The third kappa shape index (κ3) is 4.97. The van der Waals surface area contributed by atoms with Crippen molar-refractivity contribution in [2.75, 3.05) is 13.7 Å².